The van der Waals surface area contributed by atoms with E-state index < -0.39 is 0 Å². The highest BCUT2D eigenvalue weighted by Crippen LogP contribution is 2.27. The summed E-state index contributed by atoms with van der Waals surface area (Å²) in [6.45, 7) is 2.03. The molecular formula is C24H23NO3. The number of methoxy groups -OCH3 is 1. The van der Waals surface area contributed by atoms with Crippen LogP contribution in [0.1, 0.15) is 13.3 Å². The van der Waals surface area contributed by atoms with Crippen molar-refractivity contribution in [3.05, 3.63) is 96.8 Å². The molecule has 0 saturated carbocycles. The third-order valence-electron chi connectivity index (χ3n) is 4.00. The number of ether oxygens (including phenoxy) is 3. The highest BCUT2D eigenvalue weighted by molar-refractivity contribution is 5.96. The van der Waals surface area contributed by atoms with Crippen molar-refractivity contribution in [2.75, 3.05) is 7.11 Å². The fraction of sp³-hybridized carbons (Fsp3) is 0.125. The van der Waals surface area contributed by atoms with E-state index in [1.54, 1.807) is 13.4 Å². The van der Waals surface area contributed by atoms with Crippen LogP contribution >= 0.6 is 0 Å². The van der Waals surface area contributed by atoms with Gasteiger partial charge in [0.05, 0.1) is 19.1 Å². The van der Waals surface area contributed by atoms with E-state index in [-0.39, 0.29) is 0 Å². The summed E-state index contributed by atoms with van der Waals surface area (Å²) in [6.07, 6.45) is 2.36. The monoisotopic (exact) mass is 373 g/mol. The van der Waals surface area contributed by atoms with Gasteiger partial charge in [0.2, 0.25) is 5.90 Å². The summed E-state index contributed by atoms with van der Waals surface area (Å²) in [5.41, 5.74) is 1.64. The van der Waals surface area contributed by atoms with Crippen LogP contribution in [0.2, 0.25) is 0 Å². The Bertz CT molecular complexity index is 934. The third-order valence-corrected chi connectivity index (χ3v) is 4.00. The Labute approximate surface area is 165 Å². The van der Waals surface area contributed by atoms with Gasteiger partial charge >= 0.3 is 0 Å². The van der Waals surface area contributed by atoms with Crippen LogP contribution < -0.4 is 14.2 Å². The van der Waals surface area contributed by atoms with Gasteiger partial charge in [-0.1, -0.05) is 55.5 Å². The van der Waals surface area contributed by atoms with E-state index in [9.17, 15) is 0 Å². The first-order valence-electron chi connectivity index (χ1n) is 9.16. The van der Waals surface area contributed by atoms with Gasteiger partial charge in [0.25, 0.3) is 0 Å². The lowest BCUT2D eigenvalue weighted by Crippen LogP contribution is -2.12. The van der Waals surface area contributed by atoms with Gasteiger partial charge in [0, 0.05) is 5.57 Å². The molecule has 0 amide bonds. The van der Waals surface area contributed by atoms with Crippen LogP contribution in [0.4, 0.5) is 5.69 Å². The van der Waals surface area contributed by atoms with E-state index in [1.807, 2.05) is 91.9 Å². The number of rotatable bonds is 7. The Balaban J connectivity index is 1.93. The van der Waals surface area contributed by atoms with Crippen LogP contribution in [0.5, 0.6) is 17.2 Å². The van der Waals surface area contributed by atoms with E-state index in [0.29, 0.717) is 29.6 Å². The van der Waals surface area contributed by atoms with Gasteiger partial charge in [-0.2, -0.15) is 0 Å². The maximum atomic E-state index is 6.09. The highest BCUT2D eigenvalue weighted by Gasteiger charge is 2.11. The van der Waals surface area contributed by atoms with Crippen LogP contribution in [0.25, 0.3) is 0 Å². The molecule has 0 atom stereocenters. The maximum Gasteiger partial charge on any atom is 0.226 e. The van der Waals surface area contributed by atoms with Crippen molar-refractivity contribution in [1.29, 1.82) is 0 Å². The number of aliphatic imine (C=N–C) groups is 1. The minimum Gasteiger partial charge on any atom is -0.493 e. The van der Waals surface area contributed by atoms with Gasteiger partial charge in [-0.3, -0.25) is 0 Å². The summed E-state index contributed by atoms with van der Waals surface area (Å²) < 4.78 is 17.3. The van der Waals surface area contributed by atoms with Crippen LogP contribution in [-0.2, 0) is 0 Å². The first-order chi connectivity index (χ1) is 13.8. The zero-order chi connectivity index (χ0) is 19.6. The van der Waals surface area contributed by atoms with Crippen molar-refractivity contribution in [3.8, 4) is 17.2 Å². The normalized spacial score (nSPS) is 11.8. The van der Waals surface area contributed by atoms with Crippen LogP contribution in [0, 0.1) is 0 Å². The van der Waals surface area contributed by atoms with Crippen molar-refractivity contribution < 1.29 is 14.2 Å². The topological polar surface area (TPSA) is 40.0 Å². The van der Waals surface area contributed by atoms with E-state index in [2.05, 4.69) is 0 Å². The molecule has 0 radical (unpaired) electrons. The molecule has 0 aliphatic carbocycles. The standard InChI is InChI=1S/C24H23NO3/c1-3-19(18-27-23-17-11-10-16-22(23)26-2)24(25-20-12-6-4-7-13-20)28-21-14-8-5-9-15-21/h4-18H,3H2,1-2H3/b19-18?,25-24+. The predicted octanol–water partition coefficient (Wildman–Crippen LogP) is 6.18. The van der Waals surface area contributed by atoms with Gasteiger partial charge in [-0.15, -0.1) is 0 Å². The van der Waals surface area contributed by atoms with Gasteiger partial charge in [0.1, 0.15) is 5.75 Å². The maximum absolute atomic E-state index is 6.09. The zero-order valence-electron chi connectivity index (χ0n) is 16.0. The van der Waals surface area contributed by atoms with E-state index in [0.717, 1.165) is 11.3 Å². The minimum atomic E-state index is 0.495. The Kier molecular flexibility index (Phi) is 6.85. The zero-order valence-corrected chi connectivity index (χ0v) is 16.0. The van der Waals surface area contributed by atoms with Crippen molar-refractivity contribution in [2.45, 2.75) is 13.3 Å². The number of para-hydroxylation sites is 4. The molecule has 0 aliphatic heterocycles. The smallest absolute Gasteiger partial charge is 0.226 e. The minimum absolute atomic E-state index is 0.495. The lowest BCUT2D eigenvalue weighted by molar-refractivity contribution is 0.376. The number of nitrogens with zero attached hydrogens (tertiary/aromatic N) is 1. The number of benzene rings is 3. The summed E-state index contributed by atoms with van der Waals surface area (Å²) in [5, 5.41) is 0. The Hall–Kier alpha value is -3.53. The molecule has 4 heteroatoms. The lowest BCUT2D eigenvalue weighted by Gasteiger charge is -2.13. The predicted molar refractivity (Wildman–Crippen MR) is 113 cm³/mol. The molecule has 0 bridgehead atoms. The molecule has 0 spiro atoms. The average molecular weight is 373 g/mol. The molecule has 0 aliphatic rings. The fourth-order valence-corrected chi connectivity index (χ4v) is 2.52. The van der Waals surface area contributed by atoms with Crippen molar-refractivity contribution >= 4 is 11.6 Å². The second kappa shape index (κ2) is 9.97. The molecule has 0 fully saturated rings. The van der Waals surface area contributed by atoms with Gasteiger partial charge in [-0.05, 0) is 42.8 Å². The molecule has 28 heavy (non-hydrogen) atoms. The van der Waals surface area contributed by atoms with Crippen LogP contribution in [-0.4, -0.2) is 13.0 Å². The molecule has 0 saturated heterocycles. The largest absolute Gasteiger partial charge is 0.493 e. The number of hydrogen-bond donors (Lipinski definition) is 0. The number of hydrogen-bond acceptors (Lipinski definition) is 4. The Morgan fingerprint density at radius 3 is 2.07 bits per heavy atom. The highest BCUT2D eigenvalue weighted by atomic mass is 16.5. The summed E-state index contributed by atoms with van der Waals surface area (Å²) in [4.78, 5) is 4.69. The third kappa shape index (κ3) is 5.24. The molecule has 4 nitrogen and oxygen atoms in total. The second-order valence-corrected chi connectivity index (χ2v) is 5.93. The van der Waals surface area contributed by atoms with E-state index in [1.165, 1.54) is 0 Å². The molecule has 0 N–H and O–H groups in total. The van der Waals surface area contributed by atoms with E-state index in [4.69, 9.17) is 19.2 Å². The molecule has 0 unspecified atom stereocenters. The Morgan fingerprint density at radius 1 is 0.821 bits per heavy atom. The van der Waals surface area contributed by atoms with Crippen LogP contribution in [0.15, 0.2) is 102 Å². The van der Waals surface area contributed by atoms with Gasteiger partial charge in [-0.25, -0.2) is 4.99 Å². The second-order valence-electron chi connectivity index (χ2n) is 5.93. The van der Waals surface area contributed by atoms with Crippen molar-refractivity contribution in [2.24, 2.45) is 4.99 Å². The lowest BCUT2D eigenvalue weighted by atomic mass is 10.2. The van der Waals surface area contributed by atoms with Crippen LogP contribution in [0.3, 0.4) is 0 Å². The molecule has 3 aromatic rings. The molecule has 0 aromatic heterocycles. The SMILES string of the molecule is CCC(=COc1ccccc1OC)/C(=N\c1ccccc1)Oc1ccccc1. The van der Waals surface area contributed by atoms with Gasteiger partial charge < -0.3 is 14.2 Å². The fourth-order valence-electron chi connectivity index (χ4n) is 2.52. The summed E-state index contributed by atoms with van der Waals surface area (Å²) in [7, 11) is 1.62. The molecule has 3 rings (SSSR count). The molecular weight excluding hydrogens is 350 g/mol. The van der Waals surface area contributed by atoms with Crippen molar-refractivity contribution in [1.82, 2.24) is 0 Å². The summed E-state index contributed by atoms with van der Waals surface area (Å²) in [6, 6.07) is 26.8. The quantitative estimate of drug-likeness (QED) is 0.282. The van der Waals surface area contributed by atoms with Crippen molar-refractivity contribution in [3.63, 3.8) is 0 Å². The first kappa shape index (κ1) is 19.2. The molecule has 0 heterocycles. The first-order valence-corrected chi connectivity index (χ1v) is 9.16. The molecule has 3 aromatic carbocycles. The summed E-state index contributed by atoms with van der Waals surface area (Å²) >= 11 is 0. The average Bonchev–Trinajstić information content (AvgIpc) is 2.76. The Morgan fingerprint density at radius 2 is 1.43 bits per heavy atom. The molecule has 142 valence electrons. The van der Waals surface area contributed by atoms with Gasteiger partial charge in [0.15, 0.2) is 11.5 Å². The summed E-state index contributed by atoms with van der Waals surface area (Å²) in [5.74, 6) is 2.51. The van der Waals surface area contributed by atoms with E-state index >= 15 is 0 Å².